The smallest absolute Gasteiger partial charge is 0.407 e. The molecule has 2 amide bonds. The summed E-state index contributed by atoms with van der Waals surface area (Å²) in [5, 5.41) is 2.88. The Hall–Kier alpha value is -2.31. The molecule has 2 aliphatic rings. The van der Waals surface area contributed by atoms with Crippen molar-refractivity contribution in [1.82, 2.24) is 15.2 Å². The number of carbonyl (C=O) groups excluding carboxylic acids is 2. The van der Waals surface area contributed by atoms with Crippen LogP contribution in [-0.4, -0.2) is 59.7 Å². The van der Waals surface area contributed by atoms with Crippen LogP contribution in [0.15, 0.2) is 24.5 Å². The molecule has 1 aromatic heterocycles. The first kappa shape index (κ1) is 19.5. The molecule has 1 unspecified atom stereocenters. The van der Waals surface area contributed by atoms with E-state index < -0.39 is 11.7 Å². The van der Waals surface area contributed by atoms with Crippen LogP contribution >= 0.6 is 0 Å². The normalized spacial score (nSPS) is 21.2. The second kappa shape index (κ2) is 8.15. The summed E-state index contributed by atoms with van der Waals surface area (Å²) in [7, 11) is 0. The third-order valence-electron chi connectivity index (χ3n) is 5.09. The van der Waals surface area contributed by atoms with Gasteiger partial charge in [-0.05, 0) is 52.2 Å². The molecule has 0 aliphatic carbocycles. The number of rotatable bonds is 3. The number of ether oxygens (including phenoxy) is 1. The van der Waals surface area contributed by atoms with Gasteiger partial charge in [-0.1, -0.05) is 0 Å². The minimum absolute atomic E-state index is 0.0271. The van der Waals surface area contributed by atoms with E-state index in [1.807, 2.05) is 37.8 Å². The number of hydrogen-bond acceptors (Lipinski definition) is 5. The van der Waals surface area contributed by atoms with Crippen LogP contribution in [0, 0.1) is 5.92 Å². The van der Waals surface area contributed by atoms with E-state index in [1.54, 1.807) is 12.4 Å². The first-order valence-corrected chi connectivity index (χ1v) is 9.75. The van der Waals surface area contributed by atoms with Crippen molar-refractivity contribution in [3.8, 4) is 0 Å². The number of likely N-dealkylation sites (tertiary alicyclic amines) is 1. The summed E-state index contributed by atoms with van der Waals surface area (Å²) >= 11 is 0. The van der Waals surface area contributed by atoms with Crippen molar-refractivity contribution in [3.63, 3.8) is 0 Å². The summed E-state index contributed by atoms with van der Waals surface area (Å²) in [4.78, 5) is 33.0. The number of pyridine rings is 1. The minimum Gasteiger partial charge on any atom is -0.444 e. The quantitative estimate of drug-likeness (QED) is 0.879. The van der Waals surface area contributed by atoms with E-state index in [0.29, 0.717) is 13.1 Å². The highest BCUT2D eigenvalue weighted by atomic mass is 16.6. The zero-order chi connectivity index (χ0) is 19.4. The average molecular weight is 374 g/mol. The number of piperidine rings is 1. The molecule has 0 aromatic carbocycles. The number of amides is 2. The van der Waals surface area contributed by atoms with Gasteiger partial charge in [-0.3, -0.25) is 9.78 Å². The van der Waals surface area contributed by atoms with Crippen molar-refractivity contribution >= 4 is 17.7 Å². The number of nitrogens with zero attached hydrogens (tertiary/aromatic N) is 3. The van der Waals surface area contributed by atoms with E-state index in [4.69, 9.17) is 4.74 Å². The molecule has 27 heavy (non-hydrogen) atoms. The van der Waals surface area contributed by atoms with Gasteiger partial charge in [-0.15, -0.1) is 0 Å². The van der Waals surface area contributed by atoms with Crippen LogP contribution in [0.4, 0.5) is 10.5 Å². The number of carbonyl (C=O) groups is 2. The Kier molecular flexibility index (Phi) is 5.87. The van der Waals surface area contributed by atoms with Gasteiger partial charge in [0, 0.05) is 50.2 Å². The molecular formula is C20H30N4O3. The summed E-state index contributed by atoms with van der Waals surface area (Å²) in [5.74, 6) is 0.293. The number of nitrogens with one attached hydrogen (secondary N) is 1. The van der Waals surface area contributed by atoms with Gasteiger partial charge < -0.3 is 19.9 Å². The average Bonchev–Trinajstić information content (AvgIpc) is 3.08. The van der Waals surface area contributed by atoms with Gasteiger partial charge in [0.25, 0.3) is 0 Å². The molecule has 1 atom stereocenters. The Morgan fingerprint density at radius 2 is 1.78 bits per heavy atom. The second-order valence-corrected chi connectivity index (χ2v) is 8.38. The van der Waals surface area contributed by atoms with Crippen molar-refractivity contribution in [3.05, 3.63) is 24.5 Å². The van der Waals surface area contributed by atoms with Crippen LogP contribution < -0.4 is 10.2 Å². The summed E-state index contributed by atoms with van der Waals surface area (Å²) in [6, 6.07) is 3.99. The molecule has 7 nitrogen and oxygen atoms in total. The van der Waals surface area contributed by atoms with Crippen LogP contribution in [-0.2, 0) is 9.53 Å². The molecule has 2 fully saturated rings. The molecule has 2 aliphatic heterocycles. The molecule has 3 rings (SSSR count). The van der Waals surface area contributed by atoms with Crippen LogP contribution in [0.3, 0.4) is 0 Å². The van der Waals surface area contributed by atoms with Gasteiger partial charge in [-0.2, -0.15) is 0 Å². The predicted molar refractivity (Wildman–Crippen MR) is 104 cm³/mol. The first-order valence-electron chi connectivity index (χ1n) is 9.75. The van der Waals surface area contributed by atoms with Gasteiger partial charge in [0.05, 0.1) is 6.04 Å². The summed E-state index contributed by atoms with van der Waals surface area (Å²) in [6.45, 7) is 8.56. The maximum absolute atomic E-state index is 12.9. The Morgan fingerprint density at radius 3 is 2.41 bits per heavy atom. The fourth-order valence-corrected chi connectivity index (χ4v) is 3.75. The number of alkyl carbamates (subject to hydrolysis) is 1. The van der Waals surface area contributed by atoms with E-state index in [2.05, 4.69) is 15.2 Å². The van der Waals surface area contributed by atoms with Gasteiger partial charge in [-0.25, -0.2) is 4.79 Å². The molecule has 0 saturated carbocycles. The molecule has 148 valence electrons. The van der Waals surface area contributed by atoms with Crippen LogP contribution in [0.1, 0.15) is 40.0 Å². The van der Waals surface area contributed by atoms with Gasteiger partial charge in [0.1, 0.15) is 5.60 Å². The fourth-order valence-electron chi connectivity index (χ4n) is 3.75. The lowest BCUT2D eigenvalue weighted by atomic mass is 9.95. The zero-order valence-corrected chi connectivity index (χ0v) is 16.5. The third kappa shape index (κ3) is 5.34. The molecule has 7 heteroatoms. The molecule has 0 bridgehead atoms. The van der Waals surface area contributed by atoms with Crippen molar-refractivity contribution in [2.45, 2.75) is 51.7 Å². The molecular weight excluding hydrogens is 344 g/mol. The highest BCUT2D eigenvalue weighted by Gasteiger charge is 2.34. The Morgan fingerprint density at radius 1 is 1.11 bits per heavy atom. The van der Waals surface area contributed by atoms with E-state index in [9.17, 15) is 9.59 Å². The third-order valence-corrected chi connectivity index (χ3v) is 5.09. The van der Waals surface area contributed by atoms with Crippen molar-refractivity contribution < 1.29 is 14.3 Å². The lowest BCUT2D eigenvalue weighted by Gasteiger charge is -2.34. The minimum atomic E-state index is -0.513. The Balaban J connectivity index is 1.45. The zero-order valence-electron chi connectivity index (χ0n) is 16.5. The highest BCUT2D eigenvalue weighted by Crippen LogP contribution is 2.25. The van der Waals surface area contributed by atoms with Crippen LogP contribution in [0.2, 0.25) is 0 Å². The first-order chi connectivity index (χ1) is 12.8. The molecule has 3 heterocycles. The van der Waals surface area contributed by atoms with Crippen LogP contribution in [0.25, 0.3) is 0 Å². The lowest BCUT2D eigenvalue weighted by Crippen LogP contribution is -2.44. The van der Waals surface area contributed by atoms with Gasteiger partial charge >= 0.3 is 6.09 Å². The summed E-state index contributed by atoms with van der Waals surface area (Å²) in [6.07, 6.45) is 5.70. The monoisotopic (exact) mass is 374 g/mol. The predicted octanol–water partition coefficient (Wildman–Crippen LogP) is 2.42. The van der Waals surface area contributed by atoms with E-state index >= 15 is 0 Å². The maximum atomic E-state index is 12.9. The van der Waals surface area contributed by atoms with Crippen molar-refractivity contribution in [2.24, 2.45) is 5.92 Å². The van der Waals surface area contributed by atoms with Crippen molar-refractivity contribution in [2.75, 3.05) is 31.1 Å². The van der Waals surface area contributed by atoms with Gasteiger partial charge in [0.15, 0.2) is 0 Å². The molecule has 1 aromatic rings. The largest absolute Gasteiger partial charge is 0.444 e. The summed E-state index contributed by atoms with van der Waals surface area (Å²) in [5.41, 5.74) is 0.653. The van der Waals surface area contributed by atoms with Crippen LogP contribution in [0.5, 0.6) is 0 Å². The van der Waals surface area contributed by atoms with E-state index in [0.717, 1.165) is 32.4 Å². The number of aromatic nitrogens is 1. The van der Waals surface area contributed by atoms with E-state index in [1.165, 1.54) is 5.69 Å². The van der Waals surface area contributed by atoms with Gasteiger partial charge in [0.2, 0.25) is 5.91 Å². The topological polar surface area (TPSA) is 74.8 Å². The second-order valence-electron chi connectivity index (χ2n) is 8.38. The van der Waals surface area contributed by atoms with Crippen molar-refractivity contribution in [1.29, 1.82) is 0 Å². The standard InChI is InChI=1S/C20H30N4O3/c1-20(2,3)27-19(26)22-16-8-13-24(14-16)18(25)15-6-11-23(12-7-15)17-4-9-21-10-5-17/h4-5,9-10,15-16H,6-8,11-14H2,1-3H3,(H,22,26). The lowest BCUT2D eigenvalue weighted by molar-refractivity contribution is -0.135. The fraction of sp³-hybridized carbons (Fsp3) is 0.650. The SMILES string of the molecule is CC(C)(C)OC(=O)NC1CCN(C(=O)C2CCN(c3ccncc3)CC2)C1. The molecule has 0 radical (unpaired) electrons. The Bertz CT molecular complexity index is 651. The van der Waals surface area contributed by atoms with E-state index in [-0.39, 0.29) is 17.9 Å². The maximum Gasteiger partial charge on any atom is 0.407 e. The molecule has 1 N–H and O–H groups in total. The Labute approximate surface area is 161 Å². The summed E-state index contributed by atoms with van der Waals surface area (Å²) < 4.78 is 5.30. The highest BCUT2D eigenvalue weighted by molar-refractivity contribution is 5.79. The number of hydrogen-bond donors (Lipinski definition) is 1. The molecule has 2 saturated heterocycles. The number of anilines is 1. The molecule has 0 spiro atoms.